The van der Waals surface area contributed by atoms with Gasteiger partial charge in [-0.25, -0.2) is 0 Å². The third-order valence-corrected chi connectivity index (χ3v) is 2.87. The Morgan fingerprint density at radius 3 is 2.52 bits per heavy atom. The number of hydrogen-bond donors (Lipinski definition) is 4. The molecule has 0 aliphatic rings. The molecule has 0 radical (unpaired) electrons. The van der Waals surface area contributed by atoms with Crippen molar-refractivity contribution in [1.82, 2.24) is 0 Å². The number of anilines is 1. The van der Waals surface area contributed by atoms with E-state index in [4.69, 9.17) is 10.2 Å². The molecular weight excluding hydrogens is 264 g/mol. The number of benzene rings is 1. The van der Waals surface area contributed by atoms with Crippen molar-refractivity contribution < 1.29 is 15.5 Å². The van der Waals surface area contributed by atoms with E-state index in [1.165, 1.54) is 0 Å². The first kappa shape index (κ1) is 17.2. The van der Waals surface area contributed by atoms with Crippen LogP contribution >= 0.6 is 0 Å². The van der Waals surface area contributed by atoms with Gasteiger partial charge in [-0.2, -0.15) is 0 Å². The van der Waals surface area contributed by atoms with Crippen molar-refractivity contribution in [3.63, 3.8) is 0 Å². The van der Waals surface area contributed by atoms with Crippen LogP contribution in [0.5, 0.6) is 0 Å². The van der Waals surface area contributed by atoms with Gasteiger partial charge in [-0.05, 0) is 36.3 Å². The van der Waals surface area contributed by atoms with Crippen LogP contribution in [0, 0.1) is 0 Å². The minimum atomic E-state index is 0.131. The molecule has 1 rings (SSSR count). The largest absolute Gasteiger partial charge is 0.395 e. The summed E-state index contributed by atoms with van der Waals surface area (Å²) in [6.07, 6.45) is 10.1. The quantitative estimate of drug-likeness (QED) is 0.407. The van der Waals surface area contributed by atoms with Crippen LogP contribution in [0.3, 0.4) is 0 Å². The van der Waals surface area contributed by atoms with E-state index in [2.05, 4.69) is 17.5 Å². The van der Waals surface area contributed by atoms with Gasteiger partial charge in [0.05, 0.1) is 19.4 Å². The molecule has 114 valence electrons. The van der Waals surface area contributed by atoms with Crippen LogP contribution in [0.2, 0.25) is 0 Å². The van der Waals surface area contributed by atoms with Gasteiger partial charge in [-0.3, -0.25) is 0 Å². The normalized spacial score (nSPS) is 12.4. The highest BCUT2D eigenvalue weighted by Crippen LogP contribution is 2.11. The first-order valence-electron chi connectivity index (χ1n) is 7.20. The molecule has 0 aliphatic carbocycles. The van der Waals surface area contributed by atoms with Crippen LogP contribution in [0.15, 0.2) is 54.3 Å². The smallest absolute Gasteiger partial charge is 0.103 e. The molecular formula is C17H25N2O2+. The van der Waals surface area contributed by atoms with Crippen LogP contribution in [-0.2, 0) is 0 Å². The van der Waals surface area contributed by atoms with Crippen molar-refractivity contribution in [2.75, 3.05) is 31.6 Å². The third-order valence-electron chi connectivity index (χ3n) is 2.87. The standard InChI is InChI=1S/C17H24N2O2/c1-2-15(9-10-18-11-13-20)3-4-16-5-7-17(8-6-16)19-12-14-21/h2-10,18-21H,11-14H2,1H3/p+1/b4-3+,10-9-,15-2-. The van der Waals surface area contributed by atoms with E-state index < -0.39 is 0 Å². The molecule has 0 heterocycles. The topological polar surface area (TPSA) is 69.1 Å². The van der Waals surface area contributed by atoms with E-state index in [0.29, 0.717) is 13.1 Å². The zero-order chi connectivity index (χ0) is 15.3. The van der Waals surface area contributed by atoms with Gasteiger partial charge in [-0.15, -0.1) is 0 Å². The summed E-state index contributed by atoms with van der Waals surface area (Å²) in [6.45, 7) is 3.55. The number of hydrogen-bond acceptors (Lipinski definition) is 3. The van der Waals surface area contributed by atoms with Crippen LogP contribution in [0.4, 0.5) is 5.69 Å². The Labute approximate surface area is 126 Å². The summed E-state index contributed by atoms with van der Waals surface area (Å²) in [5.74, 6) is 0. The van der Waals surface area contributed by atoms with Gasteiger partial charge < -0.3 is 20.8 Å². The predicted molar refractivity (Wildman–Crippen MR) is 87.8 cm³/mol. The summed E-state index contributed by atoms with van der Waals surface area (Å²) < 4.78 is 0. The maximum absolute atomic E-state index is 8.76. The molecule has 0 atom stereocenters. The van der Waals surface area contributed by atoms with Crippen molar-refractivity contribution >= 4 is 11.8 Å². The van der Waals surface area contributed by atoms with Gasteiger partial charge in [0, 0.05) is 12.2 Å². The maximum Gasteiger partial charge on any atom is 0.103 e. The Hall–Kier alpha value is -1.88. The fraction of sp³-hybridized carbons (Fsp3) is 0.294. The second kappa shape index (κ2) is 10.9. The lowest BCUT2D eigenvalue weighted by Crippen LogP contribution is -2.79. The molecule has 4 heteroatoms. The van der Waals surface area contributed by atoms with Crippen molar-refractivity contribution in [2.45, 2.75) is 6.92 Å². The van der Waals surface area contributed by atoms with E-state index >= 15 is 0 Å². The maximum atomic E-state index is 8.76. The molecule has 0 saturated carbocycles. The Balaban J connectivity index is 2.55. The lowest BCUT2D eigenvalue weighted by atomic mass is 10.1. The van der Waals surface area contributed by atoms with E-state index in [0.717, 1.165) is 16.8 Å². The Morgan fingerprint density at radius 2 is 1.90 bits per heavy atom. The lowest BCUT2D eigenvalue weighted by Gasteiger charge is -2.04. The first-order valence-corrected chi connectivity index (χ1v) is 7.20. The number of aliphatic hydroxyl groups is 2. The first-order chi connectivity index (χ1) is 10.3. The monoisotopic (exact) mass is 289 g/mol. The molecule has 0 spiro atoms. The third kappa shape index (κ3) is 7.46. The number of nitrogens with one attached hydrogen (secondary N) is 1. The number of aliphatic hydroxyl groups excluding tert-OH is 2. The fourth-order valence-electron chi connectivity index (χ4n) is 1.70. The summed E-state index contributed by atoms with van der Waals surface area (Å²) in [5, 5.41) is 22.5. The summed E-state index contributed by atoms with van der Waals surface area (Å²) >= 11 is 0. The molecule has 4 nitrogen and oxygen atoms in total. The number of quaternary nitrogens is 1. The minimum Gasteiger partial charge on any atom is -0.395 e. The van der Waals surface area contributed by atoms with E-state index in [1.807, 2.05) is 54.9 Å². The number of allylic oxidation sites excluding steroid dienone is 4. The highest BCUT2D eigenvalue weighted by atomic mass is 16.3. The minimum absolute atomic E-state index is 0.131. The van der Waals surface area contributed by atoms with Gasteiger partial charge in [0.2, 0.25) is 0 Å². The fourth-order valence-corrected chi connectivity index (χ4v) is 1.70. The highest BCUT2D eigenvalue weighted by Gasteiger charge is 1.92. The summed E-state index contributed by atoms with van der Waals surface area (Å²) in [5.41, 5.74) is 3.24. The summed E-state index contributed by atoms with van der Waals surface area (Å²) in [7, 11) is 0. The second-order valence-corrected chi connectivity index (χ2v) is 4.50. The molecule has 0 saturated heterocycles. The van der Waals surface area contributed by atoms with Gasteiger partial charge in [-0.1, -0.05) is 30.4 Å². The molecule has 1 aromatic rings. The number of rotatable bonds is 9. The Morgan fingerprint density at radius 1 is 1.14 bits per heavy atom. The van der Waals surface area contributed by atoms with Gasteiger partial charge >= 0.3 is 0 Å². The SMILES string of the molecule is C/C=C(\C=C/[NH2+]CCO)/C=C/c1ccc(NCCO)cc1. The molecule has 0 unspecified atom stereocenters. The molecule has 0 bridgehead atoms. The molecule has 5 N–H and O–H groups in total. The molecule has 0 fully saturated rings. The molecule has 1 aromatic carbocycles. The summed E-state index contributed by atoms with van der Waals surface area (Å²) in [6, 6.07) is 8.06. The predicted octanol–water partition coefficient (Wildman–Crippen LogP) is 1.12. The average Bonchev–Trinajstić information content (AvgIpc) is 2.53. The van der Waals surface area contributed by atoms with Crippen LogP contribution in [0.1, 0.15) is 12.5 Å². The van der Waals surface area contributed by atoms with Crippen molar-refractivity contribution in [2.24, 2.45) is 0 Å². The lowest BCUT2D eigenvalue weighted by molar-refractivity contribution is -0.589. The molecule has 0 aromatic heterocycles. The molecule has 21 heavy (non-hydrogen) atoms. The van der Waals surface area contributed by atoms with Crippen molar-refractivity contribution in [3.8, 4) is 0 Å². The number of nitrogens with two attached hydrogens (primary N) is 1. The van der Waals surface area contributed by atoms with E-state index in [-0.39, 0.29) is 13.2 Å². The van der Waals surface area contributed by atoms with Gasteiger partial charge in [0.25, 0.3) is 0 Å². The van der Waals surface area contributed by atoms with E-state index in [9.17, 15) is 0 Å². The van der Waals surface area contributed by atoms with Crippen LogP contribution < -0.4 is 10.6 Å². The molecule has 0 aliphatic heterocycles. The Kier molecular flexibility index (Phi) is 8.88. The van der Waals surface area contributed by atoms with Crippen molar-refractivity contribution in [3.05, 3.63) is 59.8 Å². The highest BCUT2D eigenvalue weighted by molar-refractivity contribution is 5.58. The van der Waals surface area contributed by atoms with Crippen molar-refractivity contribution in [1.29, 1.82) is 0 Å². The molecule has 0 amide bonds. The van der Waals surface area contributed by atoms with Crippen LogP contribution in [0.25, 0.3) is 6.08 Å². The summed E-state index contributed by atoms with van der Waals surface area (Å²) in [4.78, 5) is 0. The average molecular weight is 289 g/mol. The van der Waals surface area contributed by atoms with Gasteiger partial charge in [0.1, 0.15) is 6.54 Å². The van der Waals surface area contributed by atoms with Gasteiger partial charge in [0.15, 0.2) is 0 Å². The van der Waals surface area contributed by atoms with Crippen LogP contribution in [-0.4, -0.2) is 36.5 Å². The second-order valence-electron chi connectivity index (χ2n) is 4.50. The zero-order valence-corrected chi connectivity index (χ0v) is 12.5. The Bertz CT molecular complexity index is 476. The van der Waals surface area contributed by atoms with E-state index in [1.54, 1.807) is 0 Å². The zero-order valence-electron chi connectivity index (χ0n) is 12.5.